The number of rotatable bonds is 4. The molecule has 1 aromatic carbocycles. The average molecular weight is 318 g/mol. The minimum Gasteiger partial charge on any atom is -0.496 e. The van der Waals surface area contributed by atoms with Crippen molar-refractivity contribution < 1.29 is 9.53 Å². The van der Waals surface area contributed by atoms with Gasteiger partial charge in [-0.05, 0) is 42.0 Å². The molecule has 4 nitrogen and oxygen atoms in total. The molecule has 1 aromatic rings. The summed E-state index contributed by atoms with van der Waals surface area (Å²) in [7, 11) is 1.71. The topological polar surface area (TPSA) is 41.6 Å². The summed E-state index contributed by atoms with van der Waals surface area (Å²) in [5.41, 5.74) is 2.43. The van der Waals surface area contributed by atoms with Crippen LogP contribution >= 0.6 is 0 Å². The zero-order chi connectivity index (χ0) is 16.9. The fourth-order valence-corrected chi connectivity index (χ4v) is 3.00. The average Bonchev–Trinajstić information content (AvgIpc) is 2.80. The van der Waals surface area contributed by atoms with E-state index in [0.29, 0.717) is 6.42 Å². The lowest BCUT2D eigenvalue weighted by Gasteiger charge is -2.23. The van der Waals surface area contributed by atoms with E-state index in [9.17, 15) is 4.79 Å². The molecule has 0 aromatic heterocycles. The summed E-state index contributed by atoms with van der Waals surface area (Å²) in [6.07, 6.45) is 2.41. The lowest BCUT2D eigenvalue weighted by Crippen LogP contribution is -2.34. The van der Waals surface area contributed by atoms with Gasteiger partial charge in [-0.15, -0.1) is 0 Å². The number of hydrogen-bond donors (Lipinski definition) is 1. The Bertz CT molecular complexity index is 527. The van der Waals surface area contributed by atoms with Crippen LogP contribution in [0.5, 0.6) is 5.75 Å². The molecule has 1 fully saturated rings. The Morgan fingerprint density at radius 2 is 2.04 bits per heavy atom. The second-order valence-electron chi connectivity index (χ2n) is 7.27. The van der Waals surface area contributed by atoms with E-state index >= 15 is 0 Å². The molecule has 1 heterocycles. The van der Waals surface area contributed by atoms with Gasteiger partial charge in [0.1, 0.15) is 5.75 Å². The number of carbonyl (C=O) groups excluding carboxylic acids is 1. The van der Waals surface area contributed by atoms with E-state index in [2.05, 4.69) is 38.2 Å². The predicted molar refractivity (Wildman–Crippen MR) is 94.1 cm³/mol. The predicted octanol–water partition coefficient (Wildman–Crippen LogP) is 2.75. The van der Waals surface area contributed by atoms with Gasteiger partial charge in [-0.25, -0.2) is 0 Å². The summed E-state index contributed by atoms with van der Waals surface area (Å²) in [4.78, 5) is 14.4. The molecule has 0 unspecified atom stereocenters. The maximum absolute atomic E-state index is 12.4. The highest BCUT2D eigenvalue weighted by Gasteiger charge is 2.20. The molecule has 2 rings (SSSR count). The van der Waals surface area contributed by atoms with Gasteiger partial charge in [-0.1, -0.05) is 32.9 Å². The van der Waals surface area contributed by atoms with Gasteiger partial charge >= 0.3 is 0 Å². The van der Waals surface area contributed by atoms with Crippen LogP contribution in [0.4, 0.5) is 0 Å². The molecule has 0 aliphatic carbocycles. The van der Waals surface area contributed by atoms with E-state index < -0.39 is 0 Å². The van der Waals surface area contributed by atoms with Gasteiger partial charge in [0.25, 0.3) is 0 Å². The summed E-state index contributed by atoms with van der Waals surface area (Å²) in [5, 5.41) is 3.33. The lowest BCUT2D eigenvalue weighted by molar-refractivity contribution is -0.130. The standard InChI is InChI=1S/C19H30N2O2/c1-19(2,3)16-14-15(6-8-17(16)23-4)7-9-18(22)21-12-5-10-20-11-13-21/h6,8,14,20H,5,7,9-13H2,1-4H3. The van der Waals surface area contributed by atoms with Gasteiger partial charge in [-0.3, -0.25) is 4.79 Å². The maximum Gasteiger partial charge on any atom is 0.222 e. The van der Waals surface area contributed by atoms with Gasteiger partial charge < -0.3 is 15.0 Å². The first-order valence-corrected chi connectivity index (χ1v) is 8.57. The van der Waals surface area contributed by atoms with E-state index in [-0.39, 0.29) is 11.3 Å². The Kier molecular flexibility index (Phi) is 6.05. The van der Waals surface area contributed by atoms with Gasteiger partial charge in [0.05, 0.1) is 7.11 Å². The zero-order valence-electron chi connectivity index (χ0n) is 14.9. The highest BCUT2D eigenvalue weighted by atomic mass is 16.5. The zero-order valence-corrected chi connectivity index (χ0v) is 14.9. The van der Waals surface area contributed by atoms with Gasteiger partial charge in [0, 0.05) is 26.1 Å². The summed E-state index contributed by atoms with van der Waals surface area (Å²) >= 11 is 0. The van der Waals surface area contributed by atoms with Crippen LogP contribution in [0.3, 0.4) is 0 Å². The molecule has 1 amide bonds. The van der Waals surface area contributed by atoms with Crippen LogP contribution in [-0.2, 0) is 16.6 Å². The Morgan fingerprint density at radius 1 is 1.26 bits per heavy atom. The van der Waals surface area contributed by atoms with Crippen molar-refractivity contribution in [3.8, 4) is 5.75 Å². The fraction of sp³-hybridized carbons (Fsp3) is 0.632. The largest absolute Gasteiger partial charge is 0.496 e. The third kappa shape index (κ3) is 4.96. The van der Waals surface area contributed by atoms with Crippen LogP contribution in [0, 0.1) is 0 Å². The number of hydrogen-bond acceptors (Lipinski definition) is 3. The number of amides is 1. The smallest absolute Gasteiger partial charge is 0.222 e. The third-order valence-electron chi connectivity index (χ3n) is 4.39. The molecule has 23 heavy (non-hydrogen) atoms. The Morgan fingerprint density at radius 3 is 2.74 bits per heavy atom. The molecule has 128 valence electrons. The van der Waals surface area contributed by atoms with E-state index in [1.165, 1.54) is 11.1 Å². The number of nitrogens with one attached hydrogen (secondary N) is 1. The normalized spacial score (nSPS) is 16.1. The first-order valence-electron chi connectivity index (χ1n) is 8.57. The monoisotopic (exact) mass is 318 g/mol. The van der Waals surface area contributed by atoms with E-state index in [1.807, 2.05) is 11.0 Å². The minimum atomic E-state index is 0.0296. The van der Waals surface area contributed by atoms with Crippen molar-refractivity contribution in [1.29, 1.82) is 0 Å². The van der Waals surface area contributed by atoms with Crippen LogP contribution in [0.15, 0.2) is 18.2 Å². The minimum absolute atomic E-state index is 0.0296. The van der Waals surface area contributed by atoms with Gasteiger partial charge in [-0.2, -0.15) is 0 Å². The molecule has 0 spiro atoms. The number of nitrogens with zero attached hydrogens (tertiary/aromatic N) is 1. The number of benzene rings is 1. The highest BCUT2D eigenvalue weighted by Crippen LogP contribution is 2.32. The Hall–Kier alpha value is -1.55. The van der Waals surface area contributed by atoms with Crippen LogP contribution < -0.4 is 10.1 Å². The van der Waals surface area contributed by atoms with E-state index in [0.717, 1.165) is 44.8 Å². The molecule has 4 heteroatoms. The molecule has 1 aliphatic rings. The number of aryl methyl sites for hydroxylation is 1. The summed E-state index contributed by atoms with van der Waals surface area (Å²) < 4.78 is 5.48. The Balaban J connectivity index is 2.01. The summed E-state index contributed by atoms with van der Waals surface area (Å²) in [5.74, 6) is 1.19. The van der Waals surface area contributed by atoms with Gasteiger partial charge in [0.2, 0.25) is 5.91 Å². The van der Waals surface area contributed by atoms with Crippen molar-refractivity contribution >= 4 is 5.91 Å². The molecule has 0 radical (unpaired) electrons. The second kappa shape index (κ2) is 7.82. The van der Waals surface area contributed by atoms with Crippen LogP contribution in [0.1, 0.15) is 44.7 Å². The molecular weight excluding hydrogens is 288 g/mol. The SMILES string of the molecule is COc1ccc(CCC(=O)N2CCCNCC2)cc1C(C)(C)C. The second-order valence-corrected chi connectivity index (χ2v) is 7.27. The van der Waals surface area contributed by atoms with Crippen LogP contribution in [0.2, 0.25) is 0 Å². The highest BCUT2D eigenvalue weighted by molar-refractivity contribution is 5.76. The molecule has 0 saturated carbocycles. The van der Waals surface area contributed by atoms with Crippen molar-refractivity contribution in [2.24, 2.45) is 0 Å². The quantitative estimate of drug-likeness (QED) is 0.928. The fourth-order valence-electron chi connectivity index (χ4n) is 3.00. The lowest BCUT2D eigenvalue weighted by atomic mass is 9.85. The molecule has 0 atom stereocenters. The molecule has 0 bridgehead atoms. The summed E-state index contributed by atoms with van der Waals surface area (Å²) in [6, 6.07) is 6.29. The first-order chi connectivity index (χ1) is 10.9. The number of ether oxygens (including phenoxy) is 1. The maximum atomic E-state index is 12.4. The van der Waals surface area contributed by atoms with Crippen molar-refractivity contribution in [3.63, 3.8) is 0 Å². The van der Waals surface area contributed by atoms with Crippen LogP contribution in [0.25, 0.3) is 0 Å². The summed E-state index contributed by atoms with van der Waals surface area (Å²) in [6.45, 7) is 10.2. The molecular formula is C19H30N2O2. The Labute approximate surface area is 140 Å². The van der Waals surface area contributed by atoms with Crippen LogP contribution in [-0.4, -0.2) is 44.1 Å². The number of carbonyl (C=O) groups is 1. The molecule has 1 saturated heterocycles. The first kappa shape index (κ1) is 17.8. The third-order valence-corrected chi connectivity index (χ3v) is 4.39. The van der Waals surface area contributed by atoms with Crippen molar-refractivity contribution in [2.75, 3.05) is 33.3 Å². The van der Waals surface area contributed by atoms with Crippen molar-refractivity contribution in [3.05, 3.63) is 29.3 Å². The number of methoxy groups -OCH3 is 1. The molecule has 1 aliphatic heterocycles. The molecule has 1 N–H and O–H groups in total. The van der Waals surface area contributed by atoms with E-state index in [4.69, 9.17) is 4.74 Å². The van der Waals surface area contributed by atoms with Crippen molar-refractivity contribution in [1.82, 2.24) is 10.2 Å². The van der Waals surface area contributed by atoms with E-state index in [1.54, 1.807) is 7.11 Å². The van der Waals surface area contributed by atoms with Crippen molar-refractivity contribution in [2.45, 2.75) is 45.4 Å². The van der Waals surface area contributed by atoms with Gasteiger partial charge in [0.15, 0.2) is 0 Å².